The van der Waals surface area contributed by atoms with Crippen LogP contribution in [0.3, 0.4) is 0 Å². The van der Waals surface area contributed by atoms with Crippen LogP contribution in [0.4, 0.5) is 9.18 Å². The third-order valence-electron chi connectivity index (χ3n) is 4.55. The zero-order valence-corrected chi connectivity index (χ0v) is 16.5. The SMILES string of the molecule is O=C(NCCc1ccccc1)NCc1cccc(CNC(=O)c2ccc(F)cc2)c1. The summed E-state index contributed by atoms with van der Waals surface area (Å²) < 4.78 is 13.0. The lowest BCUT2D eigenvalue weighted by atomic mass is 10.1. The quantitative estimate of drug-likeness (QED) is 0.534. The van der Waals surface area contributed by atoms with E-state index in [-0.39, 0.29) is 17.8 Å². The molecule has 6 heteroatoms. The molecule has 30 heavy (non-hydrogen) atoms. The van der Waals surface area contributed by atoms with Crippen LogP contribution in [-0.2, 0) is 19.5 Å². The normalized spacial score (nSPS) is 10.3. The molecule has 0 fully saturated rings. The molecule has 0 heterocycles. The minimum absolute atomic E-state index is 0.221. The molecular weight excluding hydrogens is 381 g/mol. The summed E-state index contributed by atoms with van der Waals surface area (Å²) in [4.78, 5) is 24.1. The van der Waals surface area contributed by atoms with E-state index in [1.165, 1.54) is 29.8 Å². The molecule has 154 valence electrons. The Labute approximate surface area is 175 Å². The molecule has 3 aromatic carbocycles. The zero-order chi connectivity index (χ0) is 21.2. The van der Waals surface area contributed by atoms with Crippen molar-refractivity contribution >= 4 is 11.9 Å². The lowest BCUT2D eigenvalue weighted by molar-refractivity contribution is 0.0951. The van der Waals surface area contributed by atoms with Gasteiger partial charge < -0.3 is 16.0 Å². The van der Waals surface area contributed by atoms with Crippen molar-refractivity contribution in [1.29, 1.82) is 0 Å². The van der Waals surface area contributed by atoms with E-state index >= 15 is 0 Å². The molecule has 3 rings (SSSR count). The molecule has 0 aliphatic heterocycles. The van der Waals surface area contributed by atoms with Crippen LogP contribution in [0.5, 0.6) is 0 Å². The molecule has 5 nitrogen and oxygen atoms in total. The van der Waals surface area contributed by atoms with Crippen molar-refractivity contribution < 1.29 is 14.0 Å². The molecule has 3 N–H and O–H groups in total. The maximum absolute atomic E-state index is 13.0. The van der Waals surface area contributed by atoms with E-state index in [0.717, 1.165) is 17.5 Å². The van der Waals surface area contributed by atoms with Gasteiger partial charge in [-0.1, -0.05) is 54.6 Å². The summed E-state index contributed by atoms with van der Waals surface area (Å²) >= 11 is 0. The van der Waals surface area contributed by atoms with Crippen LogP contribution in [0.15, 0.2) is 78.9 Å². The Morgan fingerprint density at radius 1 is 0.700 bits per heavy atom. The van der Waals surface area contributed by atoms with E-state index in [2.05, 4.69) is 16.0 Å². The average molecular weight is 405 g/mol. The molecule has 0 aliphatic carbocycles. The van der Waals surface area contributed by atoms with Crippen LogP contribution in [0.25, 0.3) is 0 Å². The lowest BCUT2D eigenvalue weighted by Gasteiger charge is -2.10. The average Bonchev–Trinajstić information content (AvgIpc) is 2.77. The van der Waals surface area contributed by atoms with Gasteiger partial charge in [-0.2, -0.15) is 0 Å². The van der Waals surface area contributed by atoms with Crippen molar-refractivity contribution in [2.45, 2.75) is 19.5 Å². The first-order valence-electron chi connectivity index (χ1n) is 9.77. The maximum Gasteiger partial charge on any atom is 0.315 e. The number of benzene rings is 3. The summed E-state index contributed by atoms with van der Waals surface area (Å²) in [6.45, 7) is 1.29. The van der Waals surface area contributed by atoms with Crippen molar-refractivity contribution in [2.75, 3.05) is 6.54 Å². The van der Waals surface area contributed by atoms with Crippen molar-refractivity contribution in [3.63, 3.8) is 0 Å². The summed E-state index contributed by atoms with van der Waals surface area (Å²) in [7, 11) is 0. The molecule has 0 saturated heterocycles. The molecule has 0 bridgehead atoms. The van der Waals surface area contributed by atoms with E-state index in [4.69, 9.17) is 0 Å². The molecule has 3 amide bonds. The third-order valence-corrected chi connectivity index (χ3v) is 4.55. The first-order valence-corrected chi connectivity index (χ1v) is 9.77. The van der Waals surface area contributed by atoms with Crippen LogP contribution in [0.2, 0.25) is 0 Å². The van der Waals surface area contributed by atoms with Gasteiger partial charge in [-0.3, -0.25) is 4.79 Å². The van der Waals surface area contributed by atoms with Gasteiger partial charge in [0.1, 0.15) is 5.82 Å². The lowest BCUT2D eigenvalue weighted by Crippen LogP contribution is -2.36. The van der Waals surface area contributed by atoms with Crippen LogP contribution in [0, 0.1) is 5.82 Å². The standard InChI is InChI=1S/C24H24FN3O2/c25-22-11-9-21(10-12-22)23(29)27-16-19-7-4-8-20(15-19)17-28-24(30)26-14-13-18-5-2-1-3-6-18/h1-12,15H,13-14,16-17H2,(H,27,29)(H2,26,28,30). The molecular formula is C24H24FN3O2. The highest BCUT2D eigenvalue weighted by atomic mass is 19.1. The fraction of sp³-hybridized carbons (Fsp3) is 0.167. The number of carbonyl (C=O) groups is 2. The van der Waals surface area contributed by atoms with Gasteiger partial charge in [-0.05, 0) is 47.4 Å². The van der Waals surface area contributed by atoms with E-state index in [9.17, 15) is 14.0 Å². The second-order valence-corrected chi connectivity index (χ2v) is 6.85. The molecule has 0 saturated carbocycles. The second-order valence-electron chi connectivity index (χ2n) is 6.85. The number of nitrogens with one attached hydrogen (secondary N) is 3. The minimum Gasteiger partial charge on any atom is -0.348 e. The molecule has 3 aromatic rings. The van der Waals surface area contributed by atoms with Crippen molar-refractivity contribution in [1.82, 2.24) is 16.0 Å². The number of halogens is 1. The van der Waals surface area contributed by atoms with Gasteiger partial charge >= 0.3 is 6.03 Å². The van der Waals surface area contributed by atoms with Gasteiger partial charge in [0.25, 0.3) is 5.91 Å². The smallest absolute Gasteiger partial charge is 0.315 e. The Balaban J connectivity index is 1.41. The first-order chi connectivity index (χ1) is 14.6. The molecule has 0 radical (unpaired) electrons. The number of hydrogen-bond acceptors (Lipinski definition) is 2. The second kappa shape index (κ2) is 10.8. The highest BCUT2D eigenvalue weighted by Gasteiger charge is 2.06. The summed E-state index contributed by atoms with van der Waals surface area (Å²) in [5.41, 5.74) is 3.42. The highest BCUT2D eigenvalue weighted by molar-refractivity contribution is 5.94. The Kier molecular flexibility index (Phi) is 7.55. The van der Waals surface area contributed by atoms with Gasteiger partial charge in [0.2, 0.25) is 0 Å². The fourth-order valence-corrected chi connectivity index (χ4v) is 2.95. The van der Waals surface area contributed by atoms with Crippen LogP contribution in [0.1, 0.15) is 27.0 Å². The zero-order valence-electron chi connectivity index (χ0n) is 16.5. The maximum atomic E-state index is 13.0. The summed E-state index contributed by atoms with van der Waals surface area (Å²) in [6, 6.07) is 22.8. The molecule has 0 spiro atoms. The van der Waals surface area contributed by atoms with Gasteiger partial charge in [0, 0.05) is 25.2 Å². The van der Waals surface area contributed by atoms with Crippen molar-refractivity contribution in [2.24, 2.45) is 0 Å². The van der Waals surface area contributed by atoms with E-state index < -0.39 is 0 Å². The summed E-state index contributed by atoms with van der Waals surface area (Å²) in [5, 5.41) is 8.49. The van der Waals surface area contributed by atoms with Gasteiger partial charge in [-0.15, -0.1) is 0 Å². The predicted molar refractivity (Wildman–Crippen MR) is 114 cm³/mol. The monoisotopic (exact) mass is 405 g/mol. The van der Waals surface area contributed by atoms with Crippen molar-refractivity contribution in [3.8, 4) is 0 Å². The fourth-order valence-electron chi connectivity index (χ4n) is 2.95. The molecule has 0 aliphatic rings. The largest absolute Gasteiger partial charge is 0.348 e. The Hall–Kier alpha value is -3.67. The van der Waals surface area contributed by atoms with Crippen molar-refractivity contribution in [3.05, 3.63) is 107 Å². The Morgan fingerprint density at radius 2 is 1.33 bits per heavy atom. The number of urea groups is 1. The van der Waals surface area contributed by atoms with Crippen LogP contribution < -0.4 is 16.0 Å². The van der Waals surface area contributed by atoms with E-state index in [1.807, 2.05) is 54.6 Å². The molecule has 0 unspecified atom stereocenters. The minimum atomic E-state index is -0.379. The summed E-state index contributed by atoms with van der Waals surface area (Å²) in [6.07, 6.45) is 0.775. The first kappa shape index (κ1) is 21.0. The summed E-state index contributed by atoms with van der Waals surface area (Å²) in [5.74, 6) is -0.646. The Morgan fingerprint density at radius 3 is 2.03 bits per heavy atom. The molecule has 0 atom stereocenters. The van der Waals surface area contributed by atoms with Gasteiger partial charge in [0.15, 0.2) is 0 Å². The van der Waals surface area contributed by atoms with E-state index in [1.54, 1.807) is 0 Å². The van der Waals surface area contributed by atoms with E-state index in [0.29, 0.717) is 25.2 Å². The van der Waals surface area contributed by atoms with Gasteiger partial charge in [0.05, 0.1) is 0 Å². The van der Waals surface area contributed by atoms with Crippen LogP contribution >= 0.6 is 0 Å². The van der Waals surface area contributed by atoms with Gasteiger partial charge in [-0.25, -0.2) is 9.18 Å². The topological polar surface area (TPSA) is 70.2 Å². The Bertz CT molecular complexity index is 975. The number of rotatable bonds is 8. The number of carbonyl (C=O) groups excluding carboxylic acids is 2. The number of amides is 3. The molecule has 0 aromatic heterocycles. The number of hydrogen-bond donors (Lipinski definition) is 3. The highest BCUT2D eigenvalue weighted by Crippen LogP contribution is 2.07. The predicted octanol–water partition coefficient (Wildman–Crippen LogP) is 3.80. The van der Waals surface area contributed by atoms with Crippen LogP contribution in [-0.4, -0.2) is 18.5 Å². The third kappa shape index (κ3) is 6.74.